The zero-order valence-corrected chi connectivity index (χ0v) is 23.1. The molecule has 1 atom stereocenters. The Hall–Kier alpha value is -3.03. The highest BCUT2D eigenvalue weighted by atomic mass is 32.2. The second-order valence-corrected chi connectivity index (χ2v) is 10.2. The zero-order chi connectivity index (χ0) is 26.6. The van der Waals surface area contributed by atoms with E-state index in [9.17, 15) is 9.59 Å². The Morgan fingerprint density at radius 3 is 2.57 bits per heavy atom. The summed E-state index contributed by atoms with van der Waals surface area (Å²) >= 11 is 1.63. The van der Waals surface area contributed by atoms with Gasteiger partial charge in [-0.25, -0.2) is 4.79 Å². The van der Waals surface area contributed by atoms with Crippen molar-refractivity contribution in [3.8, 4) is 11.1 Å². The third-order valence-corrected chi connectivity index (χ3v) is 7.00. The van der Waals surface area contributed by atoms with E-state index in [0.717, 1.165) is 66.2 Å². The summed E-state index contributed by atoms with van der Waals surface area (Å²) in [6.45, 7) is 6.65. The summed E-state index contributed by atoms with van der Waals surface area (Å²) in [7, 11) is 1.35. The molecule has 0 radical (unpaired) electrons. The van der Waals surface area contributed by atoms with Gasteiger partial charge < -0.3 is 14.5 Å². The van der Waals surface area contributed by atoms with E-state index in [4.69, 9.17) is 9.15 Å². The van der Waals surface area contributed by atoms with Crippen LogP contribution in [0.15, 0.2) is 65.3 Å². The second-order valence-electron chi connectivity index (χ2n) is 9.17. The summed E-state index contributed by atoms with van der Waals surface area (Å²) in [5, 5.41) is 2.92. The van der Waals surface area contributed by atoms with Gasteiger partial charge >= 0.3 is 5.97 Å². The number of aryl methyl sites for hydroxylation is 1. The van der Waals surface area contributed by atoms with Crippen LogP contribution in [0, 0.1) is 6.92 Å². The fourth-order valence-electron chi connectivity index (χ4n) is 4.33. The lowest BCUT2D eigenvalue weighted by Crippen LogP contribution is -2.42. The van der Waals surface area contributed by atoms with Crippen molar-refractivity contribution in [2.75, 3.05) is 25.7 Å². The van der Waals surface area contributed by atoms with E-state index in [-0.39, 0.29) is 5.91 Å². The summed E-state index contributed by atoms with van der Waals surface area (Å²) in [4.78, 5) is 28.2. The second kappa shape index (κ2) is 14.6. The number of unbranched alkanes of at least 4 members (excludes halogenated alkanes) is 1. The van der Waals surface area contributed by atoms with E-state index in [0.29, 0.717) is 12.0 Å². The Morgan fingerprint density at radius 1 is 1.08 bits per heavy atom. The number of esters is 1. The van der Waals surface area contributed by atoms with E-state index >= 15 is 0 Å². The number of thioether (sulfide) groups is 1. The average molecular weight is 523 g/mol. The molecule has 1 heterocycles. The predicted octanol–water partition coefficient (Wildman–Crippen LogP) is 6.08. The monoisotopic (exact) mass is 522 g/mol. The summed E-state index contributed by atoms with van der Waals surface area (Å²) in [6.07, 6.45) is 6.39. The molecule has 0 aliphatic rings. The van der Waals surface area contributed by atoms with Gasteiger partial charge in [-0.1, -0.05) is 43.7 Å². The van der Waals surface area contributed by atoms with E-state index in [1.807, 2.05) is 61.7 Å². The molecule has 37 heavy (non-hydrogen) atoms. The van der Waals surface area contributed by atoms with E-state index in [2.05, 4.69) is 23.2 Å². The molecule has 0 bridgehead atoms. The number of carbonyl (C=O) groups is 2. The molecule has 3 aromatic rings. The highest BCUT2D eigenvalue weighted by Gasteiger charge is 2.24. The lowest BCUT2D eigenvalue weighted by Gasteiger charge is -2.23. The first-order chi connectivity index (χ1) is 18.0. The van der Waals surface area contributed by atoms with E-state index in [1.54, 1.807) is 18.0 Å². The number of benzene rings is 2. The van der Waals surface area contributed by atoms with Crippen LogP contribution >= 0.6 is 11.8 Å². The minimum Gasteiger partial charge on any atom is -0.468 e. The fourth-order valence-corrected chi connectivity index (χ4v) is 4.80. The van der Waals surface area contributed by atoms with Gasteiger partial charge in [0.1, 0.15) is 11.8 Å². The molecule has 0 saturated carbocycles. The van der Waals surface area contributed by atoms with Crippen LogP contribution in [0.3, 0.4) is 0 Å². The lowest BCUT2D eigenvalue weighted by molar-refractivity contribution is -0.142. The van der Waals surface area contributed by atoms with Gasteiger partial charge in [-0.15, -0.1) is 0 Å². The van der Waals surface area contributed by atoms with Crippen LogP contribution in [0.1, 0.15) is 53.4 Å². The number of ether oxygens (including phenoxy) is 1. The maximum Gasteiger partial charge on any atom is 0.328 e. The number of carbonyl (C=O) groups excluding carboxylic acids is 2. The van der Waals surface area contributed by atoms with Crippen LogP contribution in [0.4, 0.5) is 0 Å². The molecular weight excluding hydrogens is 484 g/mol. The van der Waals surface area contributed by atoms with Gasteiger partial charge in [-0.2, -0.15) is 11.8 Å². The lowest BCUT2D eigenvalue weighted by atomic mass is 9.93. The van der Waals surface area contributed by atoms with Gasteiger partial charge in [0.15, 0.2) is 0 Å². The Bertz CT molecular complexity index is 1150. The van der Waals surface area contributed by atoms with Gasteiger partial charge in [0.25, 0.3) is 5.91 Å². The standard InChI is InChI=1S/C30H38N2O4S/c1-5-6-16-32(21-24-11-9-17-36-24)20-23-13-14-26(27(19-23)25-12-8-7-10-22(25)2)29(33)31-28(15-18-37-4)30(34)35-3/h7-14,17,19,28H,5-6,15-16,18,20-21H2,1-4H3,(H,31,33)/t28-/m0/s1. The summed E-state index contributed by atoms with van der Waals surface area (Å²) in [5.41, 5.74) is 4.60. The number of amides is 1. The minimum absolute atomic E-state index is 0.278. The highest BCUT2D eigenvalue weighted by molar-refractivity contribution is 7.98. The number of hydrogen-bond donors (Lipinski definition) is 1. The molecule has 198 valence electrons. The molecule has 0 spiro atoms. The molecule has 0 saturated heterocycles. The van der Waals surface area contributed by atoms with Crippen molar-refractivity contribution in [3.63, 3.8) is 0 Å². The summed E-state index contributed by atoms with van der Waals surface area (Å²) < 4.78 is 10.5. The van der Waals surface area contributed by atoms with Crippen molar-refractivity contribution < 1.29 is 18.7 Å². The Balaban J connectivity index is 1.93. The van der Waals surface area contributed by atoms with Crippen LogP contribution in [0.25, 0.3) is 11.1 Å². The molecule has 6 nitrogen and oxygen atoms in total. The number of nitrogens with one attached hydrogen (secondary N) is 1. The largest absolute Gasteiger partial charge is 0.468 e. The van der Waals surface area contributed by atoms with E-state index in [1.165, 1.54) is 7.11 Å². The number of rotatable bonds is 14. The maximum atomic E-state index is 13.5. The van der Waals surface area contributed by atoms with Crippen molar-refractivity contribution in [1.82, 2.24) is 10.2 Å². The summed E-state index contributed by atoms with van der Waals surface area (Å²) in [5.74, 6) is 0.971. The first-order valence-corrected chi connectivity index (χ1v) is 14.2. The van der Waals surface area contributed by atoms with Gasteiger partial charge in [-0.05, 0) is 84.8 Å². The highest BCUT2D eigenvalue weighted by Crippen LogP contribution is 2.29. The third kappa shape index (κ3) is 8.23. The molecule has 0 unspecified atom stereocenters. The van der Waals surface area contributed by atoms with Crippen molar-refractivity contribution in [1.29, 1.82) is 0 Å². The van der Waals surface area contributed by atoms with Crippen molar-refractivity contribution >= 4 is 23.6 Å². The fraction of sp³-hybridized carbons (Fsp3) is 0.400. The van der Waals surface area contributed by atoms with Crippen LogP contribution in [-0.4, -0.2) is 48.5 Å². The first kappa shape index (κ1) is 28.5. The molecule has 1 amide bonds. The number of furan rings is 1. The molecule has 2 aromatic carbocycles. The number of hydrogen-bond acceptors (Lipinski definition) is 6. The number of nitrogens with zero attached hydrogens (tertiary/aromatic N) is 1. The first-order valence-electron chi connectivity index (χ1n) is 12.8. The predicted molar refractivity (Wildman–Crippen MR) is 151 cm³/mol. The van der Waals surface area contributed by atoms with Gasteiger partial charge in [0.2, 0.25) is 0 Å². The Kier molecular flexibility index (Phi) is 11.3. The molecule has 1 N–H and O–H groups in total. The molecular formula is C30H38N2O4S. The molecule has 1 aromatic heterocycles. The smallest absolute Gasteiger partial charge is 0.328 e. The third-order valence-electron chi connectivity index (χ3n) is 6.36. The van der Waals surface area contributed by atoms with Crippen molar-refractivity contribution in [3.05, 3.63) is 83.3 Å². The normalized spacial score (nSPS) is 11.9. The Labute approximate surface area is 224 Å². The number of methoxy groups -OCH3 is 1. The SMILES string of the molecule is CCCCN(Cc1ccc(C(=O)N[C@@H](CCSC)C(=O)OC)c(-c2ccccc2C)c1)Cc1ccco1. The molecule has 0 aliphatic carbocycles. The molecule has 0 fully saturated rings. The molecule has 0 aliphatic heterocycles. The molecule has 3 rings (SSSR count). The van der Waals surface area contributed by atoms with Crippen LogP contribution in [0.5, 0.6) is 0 Å². The quantitative estimate of drug-likeness (QED) is 0.259. The van der Waals surface area contributed by atoms with Crippen molar-refractivity contribution in [2.45, 2.75) is 52.2 Å². The maximum absolute atomic E-state index is 13.5. The van der Waals surface area contributed by atoms with Crippen LogP contribution in [-0.2, 0) is 22.6 Å². The minimum atomic E-state index is -0.688. The van der Waals surface area contributed by atoms with E-state index < -0.39 is 12.0 Å². The zero-order valence-electron chi connectivity index (χ0n) is 22.3. The Morgan fingerprint density at radius 2 is 1.89 bits per heavy atom. The summed E-state index contributed by atoms with van der Waals surface area (Å²) in [6, 6.07) is 17.3. The van der Waals surface area contributed by atoms with Gasteiger partial charge in [-0.3, -0.25) is 9.69 Å². The van der Waals surface area contributed by atoms with Gasteiger partial charge in [0, 0.05) is 12.1 Å². The average Bonchev–Trinajstić information content (AvgIpc) is 3.42. The van der Waals surface area contributed by atoms with Crippen molar-refractivity contribution in [2.24, 2.45) is 0 Å². The molecule has 7 heteroatoms. The van der Waals surface area contributed by atoms with Crippen LogP contribution < -0.4 is 5.32 Å². The topological polar surface area (TPSA) is 71.8 Å². The van der Waals surface area contributed by atoms with Crippen LogP contribution in [0.2, 0.25) is 0 Å². The van der Waals surface area contributed by atoms with Gasteiger partial charge in [0.05, 0.1) is 19.9 Å².